The standard InChI is InChI=1S/C13H15FN4OS/c1-8(12(19)18(2)3)20-13-15-11(16-17-13)9-6-4-5-7-10(9)14/h4-8H,1-3H3,(H,15,16,17)/t8-/m1/s1. The second-order valence-electron chi connectivity index (χ2n) is 4.44. The Morgan fingerprint density at radius 3 is 2.75 bits per heavy atom. The van der Waals surface area contributed by atoms with Crippen molar-refractivity contribution in [3.8, 4) is 11.4 Å². The van der Waals surface area contributed by atoms with Crippen molar-refractivity contribution >= 4 is 17.7 Å². The fourth-order valence-electron chi connectivity index (χ4n) is 1.64. The molecule has 0 saturated carbocycles. The van der Waals surface area contributed by atoms with Crippen LogP contribution in [0.1, 0.15) is 6.92 Å². The lowest BCUT2D eigenvalue weighted by Crippen LogP contribution is -2.29. The van der Waals surface area contributed by atoms with E-state index in [0.717, 1.165) is 0 Å². The molecule has 1 heterocycles. The summed E-state index contributed by atoms with van der Waals surface area (Å²) < 4.78 is 13.6. The number of aromatic amines is 1. The maximum atomic E-state index is 13.6. The maximum Gasteiger partial charge on any atom is 0.235 e. The van der Waals surface area contributed by atoms with Crippen molar-refractivity contribution in [2.75, 3.05) is 14.1 Å². The summed E-state index contributed by atoms with van der Waals surface area (Å²) in [6, 6.07) is 6.33. The van der Waals surface area contributed by atoms with Crippen molar-refractivity contribution in [3.63, 3.8) is 0 Å². The van der Waals surface area contributed by atoms with Gasteiger partial charge in [-0.05, 0) is 19.1 Å². The third-order valence-electron chi connectivity index (χ3n) is 2.66. The van der Waals surface area contributed by atoms with Gasteiger partial charge in [-0.25, -0.2) is 9.37 Å². The summed E-state index contributed by atoms with van der Waals surface area (Å²) >= 11 is 1.23. The van der Waals surface area contributed by atoms with Gasteiger partial charge in [0.1, 0.15) is 5.82 Å². The first-order chi connectivity index (χ1) is 9.49. The molecule has 0 radical (unpaired) electrons. The van der Waals surface area contributed by atoms with Crippen molar-refractivity contribution in [1.82, 2.24) is 20.1 Å². The van der Waals surface area contributed by atoms with Gasteiger partial charge >= 0.3 is 0 Å². The lowest BCUT2D eigenvalue weighted by molar-refractivity contribution is -0.127. The Morgan fingerprint density at radius 2 is 2.10 bits per heavy atom. The molecule has 106 valence electrons. The Hall–Kier alpha value is -1.89. The van der Waals surface area contributed by atoms with Gasteiger partial charge in [-0.3, -0.25) is 9.89 Å². The van der Waals surface area contributed by atoms with Gasteiger partial charge in [0, 0.05) is 14.1 Å². The van der Waals surface area contributed by atoms with Crippen LogP contribution < -0.4 is 0 Å². The van der Waals surface area contributed by atoms with Crippen LogP contribution in [0.4, 0.5) is 4.39 Å². The highest BCUT2D eigenvalue weighted by atomic mass is 32.2. The molecule has 0 aliphatic rings. The molecule has 1 aromatic heterocycles. The number of hydrogen-bond donors (Lipinski definition) is 1. The van der Waals surface area contributed by atoms with Gasteiger partial charge in [0.2, 0.25) is 11.1 Å². The van der Waals surface area contributed by atoms with Crippen LogP contribution in [0.5, 0.6) is 0 Å². The summed E-state index contributed by atoms with van der Waals surface area (Å²) in [7, 11) is 3.39. The third kappa shape index (κ3) is 3.16. The van der Waals surface area contributed by atoms with Gasteiger partial charge in [-0.1, -0.05) is 23.9 Å². The number of carbonyl (C=O) groups excluding carboxylic acids is 1. The minimum atomic E-state index is -0.363. The van der Waals surface area contributed by atoms with Crippen LogP contribution in [0.25, 0.3) is 11.4 Å². The number of benzene rings is 1. The van der Waals surface area contributed by atoms with Crippen molar-refractivity contribution in [2.24, 2.45) is 0 Å². The Kier molecular flexibility index (Phi) is 4.39. The fourth-order valence-corrected chi connectivity index (χ4v) is 2.52. The Balaban J connectivity index is 2.14. The fraction of sp³-hybridized carbons (Fsp3) is 0.308. The van der Waals surface area contributed by atoms with Crippen molar-refractivity contribution in [3.05, 3.63) is 30.1 Å². The first kappa shape index (κ1) is 14.5. The van der Waals surface area contributed by atoms with E-state index in [4.69, 9.17) is 0 Å². The van der Waals surface area contributed by atoms with Gasteiger partial charge < -0.3 is 4.90 Å². The highest BCUT2D eigenvalue weighted by Gasteiger charge is 2.19. The molecule has 1 aromatic carbocycles. The Labute approximate surface area is 120 Å². The summed E-state index contributed by atoms with van der Waals surface area (Å²) in [6.07, 6.45) is 0. The molecule has 0 bridgehead atoms. The van der Waals surface area contributed by atoms with E-state index in [1.807, 2.05) is 0 Å². The number of thioether (sulfide) groups is 1. The van der Waals surface area contributed by atoms with E-state index in [0.29, 0.717) is 16.5 Å². The van der Waals surface area contributed by atoms with Gasteiger partial charge in [0.25, 0.3) is 0 Å². The molecule has 20 heavy (non-hydrogen) atoms. The van der Waals surface area contributed by atoms with Gasteiger partial charge in [0.15, 0.2) is 5.82 Å². The highest BCUT2D eigenvalue weighted by Crippen LogP contribution is 2.24. The second kappa shape index (κ2) is 6.04. The van der Waals surface area contributed by atoms with Crippen LogP contribution in [-0.2, 0) is 4.79 Å². The van der Waals surface area contributed by atoms with Crippen LogP contribution in [0.15, 0.2) is 29.4 Å². The summed E-state index contributed by atoms with van der Waals surface area (Å²) in [6.45, 7) is 1.78. The second-order valence-corrected chi connectivity index (χ2v) is 5.75. The molecule has 0 fully saturated rings. The number of carbonyl (C=O) groups is 1. The molecule has 1 N–H and O–H groups in total. The minimum Gasteiger partial charge on any atom is -0.348 e. The van der Waals surface area contributed by atoms with Crippen molar-refractivity contribution in [1.29, 1.82) is 0 Å². The van der Waals surface area contributed by atoms with Gasteiger partial charge in [0.05, 0.1) is 10.8 Å². The molecule has 2 aromatic rings. The number of H-pyrrole nitrogens is 1. The molecule has 0 saturated heterocycles. The van der Waals surface area contributed by atoms with E-state index in [-0.39, 0.29) is 17.0 Å². The zero-order valence-electron chi connectivity index (χ0n) is 11.4. The Bertz CT molecular complexity index is 614. The smallest absolute Gasteiger partial charge is 0.235 e. The predicted molar refractivity (Wildman–Crippen MR) is 75.8 cm³/mol. The van der Waals surface area contributed by atoms with Crippen LogP contribution in [-0.4, -0.2) is 45.3 Å². The summed E-state index contributed by atoms with van der Waals surface area (Å²) in [5, 5.41) is 6.82. The van der Waals surface area contributed by atoms with Gasteiger partial charge in [-0.15, -0.1) is 5.10 Å². The molecule has 0 aliphatic carbocycles. The van der Waals surface area contributed by atoms with Crippen LogP contribution >= 0.6 is 11.8 Å². The van der Waals surface area contributed by atoms with E-state index in [9.17, 15) is 9.18 Å². The van der Waals surface area contributed by atoms with E-state index in [2.05, 4.69) is 15.2 Å². The summed E-state index contributed by atoms with van der Waals surface area (Å²) in [5.74, 6) is -0.0278. The van der Waals surface area contributed by atoms with Crippen molar-refractivity contribution in [2.45, 2.75) is 17.3 Å². The molecule has 2 rings (SSSR count). The number of rotatable bonds is 4. The van der Waals surface area contributed by atoms with Crippen LogP contribution in [0.3, 0.4) is 0 Å². The van der Waals surface area contributed by atoms with Crippen LogP contribution in [0, 0.1) is 5.82 Å². The van der Waals surface area contributed by atoms with E-state index in [1.165, 1.54) is 22.7 Å². The maximum absolute atomic E-state index is 13.6. The molecular formula is C13H15FN4OS. The zero-order chi connectivity index (χ0) is 14.7. The molecular weight excluding hydrogens is 279 g/mol. The molecule has 7 heteroatoms. The summed E-state index contributed by atoms with van der Waals surface area (Å²) in [4.78, 5) is 17.5. The zero-order valence-corrected chi connectivity index (χ0v) is 12.2. The number of amides is 1. The highest BCUT2D eigenvalue weighted by molar-refractivity contribution is 8.00. The quantitative estimate of drug-likeness (QED) is 0.878. The average molecular weight is 294 g/mol. The SMILES string of the molecule is C[C@@H](Sc1n[nH]c(-c2ccccc2F)n1)C(=O)N(C)C. The summed E-state index contributed by atoms with van der Waals surface area (Å²) in [5.41, 5.74) is 0.360. The van der Waals surface area contributed by atoms with Crippen molar-refractivity contribution < 1.29 is 9.18 Å². The minimum absolute atomic E-state index is 0.0211. The molecule has 1 amide bonds. The molecule has 5 nitrogen and oxygen atoms in total. The Morgan fingerprint density at radius 1 is 1.40 bits per heavy atom. The first-order valence-electron chi connectivity index (χ1n) is 6.04. The number of hydrogen-bond acceptors (Lipinski definition) is 4. The molecule has 0 aliphatic heterocycles. The van der Waals surface area contributed by atoms with E-state index < -0.39 is 0 Å². The van der Waals surface area contributed by atoms with E-state index in [1.54, 1.807) is 39.2 Å². The third-order valence-corrected chi connectivity index (χ3v) is 3.61. The number of nitrogens with one attached hydrogen (secondary N) is 1. The normalized spacial score (nSPS) is 12.2. The lowest BCUT2D eigenvalue weighted by Gasteiger charge is -2.14. The molecule has 0 spiro atoms. The average Bonchev–Trinajstić information content (AvgIpc) is 2.86. The number of halogens is 1. The van der Waals surface area contributed by atoms with E-state index >= 15 is 0 Å². The topological polar surface area (TPSA) is 61.9 Å². The van der Waals surface area contributed by atoms with Gasteiger partial charge in [-0.2, -0.15) is 0 Å². The molecule has 1 atom stereocenters. The number of nitrogens with zero attached hydrogens (tertiary/aromatic N) is 3. The van der Waals surface area contributed by atoms with Crippen LogP contribution in [0.2, 0.25) is 0 Å². The monoisotopic (exact) mass is 294 g/mol. The first-order valence-corrected chi connectivity index (χ1v) is 6.92. The predicted octanol–water partition coefficient (Wildman–Crippen LogP) is 2.18. The molecule has 0 unspecified atom stereocenters. The largest absolute Gasteiger partial charge is 0.348 e. The number of aromatic nitrogens is 3. The lowest BCUT2D eigenvalue weighted by atomic mass is 10.2.